The van der Waals surface area contributed by atoms with E-state index in [0.29, 0.717) is 21.6 Å². The standard InChI is InChI=1S/C12H13BrClNO3/c1-3-15(7-11(16)18-2)12(17)8-4-5-10(14)9(13)6-8/h4-6H,3,7H2,1-2H3. The topological polar surface area (TPSA) is 46.6 Å². The van der Waals surface area contributed by atoms with Gasteiger partial charge in [-0.2, -0.15) is 0 Å². The highest BCUT2D eigenvalue weighted by atomic mass is 79.9. The SMILES string of the molecule is CCN(CC(=O)OC)C(=O)c1ccc(Cl)c(Br)c1. The molecule has 0 aromatic heterocycles. The maximum absolute atomic E-state index is 12.1. The van der Waals surface area contributed by atoms with Crippen molar-refractivity contribution in [2.75, 3.05) is 20.2 Å². The van der Waals surface area contributed by atoms with Gasteiger partial charge in [-0.15, -0.1) is 0 Å². The van der Waals surface area contributed by atoms with E-state index < -0.39 is 5.97 Å². The third kappa shape index (κ3) is 3.71. The molecule has 4 nitrogen and oxygen atoms in total. The van der Waals surface area contributed by atoms with Crippen LogP contribution in [0, 0.1) is 0 Å². The average molecular weight is 335 g/mol. The zero-order valence-electron chi connectivity index (χ0n) is 10.1. The van der Waals surface area contributed by atoms with E-state index in [9.17, 15) is 9.59 Å². The molecule has 6 heteroatoms. The molecule has 98 valence electrons. The third-order valence-electron chi connectivity index (χ3n) is 2.38. The van der Waals surface area contributed by atoms with Crippen molar-refractivity contribution in [1.82, 2.24) is 4.90 Å². The molecule has 0 saturated heterocycles. The molecule has 0 radical (unpaired) electrons. The summed E-state index contributed by atoms with van der Waals surface area (Å²) in [5.41, 5.74) is 0.469. The molecule has 0 fully saturated rings. The van der Waals surface area contributed by atoms with Gasteiger partial charge in [0.25, 0.3) is 5.91 Å². The van der Waals surface area contributed by atoms with Crippen molar-refractivity contribution >= 4 is 39.4 Å². The molecule has 0 aliphatic heterocycles. The largest absolute Gasteiger partial charge is 0.468 e. The number of hydrogen-bond acceptors (Lipinski definition) is 3. The number of likely N-dealkylation sites (N-methyl/N-ethyl adjacent to an activating group) is 1. The van der Waals surface area contributed by atoms with Gasteiger partial charge in [-0.1, -0.05) is 11.6 Å². The summed E-state index contributed by atoms with van der Waals surface area (Å²) in [7, 11) is 1.29. The van der Waals surface area contributed by atoms with Crippen LogP contribution in [-0.4, -0.2) is 37.0 Å². The number of carbonyl (C=O) groups excluding carboxylic acids is 2. The fourth-order valence-electron chi connectivity index (χ4n) is 1.36. The smallest absolute Gasteiger partial charge is 0.325 e. The highest BCUT2D eigenvalue weighted by Crippen LogP contribution is 2.23. The predicted octanol–water partition coefficient (Wildman–Crippen LogP) is 2.74. The maximum Gasteiger partial charge on any atom is 0.325 e. The lowest BCUT2D eigenvalue weighted by atomic mass is 10.2. The molecule has 0 unspecified atom stereocenters. The second kappa shape index (κ2) is 6.75. The minimum atomic E-state index is -0.446. The van der Waals surface area contributed by atoms with Gasteiger partial charge in [0.15, 0.2) is 0 Å². The van der Waals surface area contributed by atoms with Crippen molar-refractivity contribution in [1.29, 1.82) is 0 Å². The summed E-state index contributed by atoms with van der Waals surface area (Å²) in [6.07, 6.45) is 0. The third-order valence-corrected chi connectivity index (χ3v) is 3.60. The minimum absolute atomic E-state index is 0.0634. The number of benzene rings is 1. The molecule has 0 aliphatic rings. The van der Waals surface area contributed by atoms with E-state index in [1.165, 1.54) is 12.0 Å². The molecule has 1 aromatic rings. The molecule has 18 heavy (non-hydrogen) atoms. The number of hydrogen-bond donors (Lipinski definition) is 0. The monoisotopic (exact) mass is 333 g/mol. The van der Waals surface area contributed by atoms with Gasteiger partial charge in [-0.3, -0.25) is 9.59 Å². The lowest BCUT2D eigenvalue weighted by Gasteiger charge is -2.19. The molecule has 0 heterocycles. The van der Waals surface area contributed by atoms with Crippen LogP contribution in [0.25, 0.3) is 0 Å². The molecular weight excluding hydrogens is 321 g/mol. The summed E-state index contributed by atoms with van der Waals surface area (Å²) in [4.78, 5) is 24.7. The van der Waals surface area contributed by atoms with Gasteiger partial charge in [0.1, 0.15) is 6.54 Å². The van der Waals surface area contributed by atoms with Gasteiger partial charge in [-0.05, 0) is 41.1 Å². The molecule has 0 bridgehead atoms. The van der Waals surface area contributed by atoms with Crippen molar-refractivity contribution in [2.24, 2.45) is 0 Å². The second-order valence-corrected chi connectivity index (χ2v) is 4.79. The Labute approximate surface area is 119 Å². The number of ether oxygens (including phenoxy) is 1. The number of methoxy groups -OCH3 is 1. The number of nitrogens with zero attached hydrogens (tertiary/aromatic N) is 1. The van der Waals surface area contributed by atoms with Crippen molar-refractivity contribution in [2.45, 2.75) is 6.92 Å². The summed E-state index contributed by atoms with van der Waals surface area (Å²) in [5.74, 6) is -0.682. The zero-order chi connectivity index (χ0) is 13.7. The lowest BCUT2D eigenvalue weighted by Crippen LogP contribution is -2.36. The highest BCUT2D eigenvalue weighted by Gasteiger charge is 2.18. The van der Waals surface area contributed by atoms with E-state index in [-0.39, 0.29) is 12.5 Å². The van der Waals surface area contributed by atoms with Crippen molar-refractivity contribution in [3.8, 4) is 0 Å². The number of halogens is 2. The van der Waals surface area contributed by atoms with Crippen LogP contribution in [0.4, 0.5) is 0 Å². The molecular formula is C12H13BrClNO3. The van der Waals surface area contributed by atoms with Crippen LogP contribution in [0.3, 0.4) is 0 Å². The number of amides is 1. The van der Waals surface area contributed by atoms with Crippen LogP contribution in [0.1, 0.15) is 17.3 Å². The van der Waals surface area contributed by atoms with E-state index in [4.69, 9.17) is 11.6 Å². The van der Waals surface area contributed by atoms with E-state index >= 15 is 0 Å². The Morgan fingerprint density at radius 1 is 1.44 bits per heavy atom. The Kier molecular flexibility index (Phi) is 5.62. The van der Waals surface area contributed by atoms with Gasteiger partial charge >= 0.3 is 5.97 Å². The first-order valence-electron chi connectivity index (χ1n) is 5.30. The Balaban J connectivity index is 2.89. The fourth-order valence-corrected chi connectivity index (χ4v) is 1.86. The molecule has 1 aromatic carbocycles. The second-order valence-electron chi connectivity index (χ2n) is 3.52. The van der Waals surface area contributed by atoms with E-state index in [1.54, 1.807) is 25.1 Å². The Bertz CT molecular complexity index is 465. The minimum Gasteiger partial charge on any atom is -0.468 e. The quantitative estimate of drug-likeness (QED) is 0.795. The summed E-state index contributed by atoms with van der Waals surface area (Å²) in [6.45, 7) is 2.16. The summed E-state index contributed by atoms with van der Waals surface area (Å²) < 4.78 is 5.19. The normalized spacial score (nSPS) is 10.0. The summed E-state index contributed by atoms with van der Waals surface area (Å²) in [6, 6.07) is 4.88. The van der Waals surface area contributed by atoms with Gasteiger partial charge in [0.05, 0.1) is 12.1 Å². The van der Waals surface area contributed by atoms with Gasteiger partial charge in [0.2, 0.25) is 0 Å². The van der Waals surface area contributed by atoms with Crippen LogP contribution in [0.2, 0.25) is 5.02 Å². The van der Waals surface area contributed by atoms with Crippen LogP contribution in [0.15, 0.2) is 22.7 Å². The Morgan fingerprint density at radius 2 is 2.11 bits per heavy atom. The number of rotatable bonds is 4. The fraction of sp³-hybridized carbons (Fsp3) is 0.333. The van der Waals surface area contributed by atoms with E-state index in [1.807, 2.05) is 0 Å². The summed E-state index contributed by atoms with van der Waals surface area (Å²) >= 11 is 9.12. The van der Waals surface area contributed by atoms with E-state index in [0.717, 1.165) is 0 Å². The maximum atomic E-state index is 12.1. The van der Waals surface area contributed by atoms with Gasteiger partial charge in [0, 0.05) is 16.6 Å². The molecule has 0 atom stereocenters. The summed E-state index contributed by atoms with van der Waals surface area (Å²) in [5, 5.41) is 0.530. The van der Waals surface area contributed by atoms with Gasteiger partial charge < -0.3 is 9.64 Å². The molecule has 0 saturated carbocycles. The van der Waals surface area contributed by atoms with Crippen molar-refractivity contribution < 1.29 is 14.3 Å². The zero-order valence-corrected chi connectivity index (χ0v) is 12.4. The number of esters is 1. The number of carbonyl (C=O) groups is 2. The van der Waals surface area contributed by atoms with Gasteiger partial charge in [-0.25, -0.2) is 0 Å². The van der Waals surface area contributed by atoms with Crippen LogP contribution in [-0.2, 0) is 9.53 Å². The Morgan fingerprint density at radius 3 is 2.61 bits per heavy atom. The molecule has 0 aliphatic carbocycles. The van der Waals surface area contributed by atoms with E-state index in [2.05, 4.69) is 20.7 Å². The first-order chi connectivity index (χ1) is 8.49. The van der Waals surface area contributed by atoms with Crippen molar-refractivity contribution in [3.63, 3.8) is 0 Å². The molecule has 0 N–H and O–H groups in total. The Hall–Kier alpha value is -1.07. The first-order valence-corrected chi connectivity index (χ1v) is 6.47. The van der Waals surface area contributed by atoms with Crippen LogP contribution in [0.5, 0.6) is 0 Å². The lowest BCUT2D eigenvalue weighted by molar-refractivity contribution is -0.141. The molecule has 1 amide bonds. The van der Waals surface area contributed by atoms with Crippen LogP contribution >= 0.6 is 27.5 Å². The highest BCUT2D eigenvalue weighted by molar-refractivity contribution is 9.10. The first kappa shape index (κ1) is 15.0. The average Bonchev–Trinajstić information content (AvgIpc) is 2.38. The molecule has 1 rings (SSSR count). The predicted molar refractivity (Wildman–Crippen MR) is 72.7 cm³/mol. The van der Waals surface area contributed by atoms with Crippen LogP contribution < -0.4 is 0 Å². The van der Waals surface area contributed by atoms with Crippen molar-refractivity contribution in [3.05, 3.63) is 33.3 Å². The molecule has 0 spiro atoms.